The maximum atomic E-state index is 5.79. The van der Waals surface area contributed by atoms with Crippen molar-refractivity contribution in [2.45, 2.75) is 13.0 Å². The predicted molar refractivity (Wildman–Crippen MR) is 71.6 cm³/mol. The molecule has 0 atom stereocenters. The molecule has 0 radical (unpaired) electrons. The number of anilines is 1. The SMILES string of the molecule is Nc1ncnc2c1cnn2CCCN1CCOCC1. The summed E-state index contributed by atoms with van der Waals surface area (Å²) in [6.07, 6.45) is 4.26. The molecule has 0 amide bonds. The third-order valence-electron chi connectivity index (χ3n) is 3.41. The van der Waals surface area contributed by atoms with Crippen molar-refractivity contribution in [3.63, 3.8) is 0 Å². The minimum absolute atomic E-state index is 0.490. The molecule has 0 aromatic carbocycles. The molecule has 0 saturated carbocycles. The maximum Gasteiger partial charge on any atom is 0.163 e. The summed E-state index contributed by atoms with van der Waals surface area (Å²) in [6, 6.07) is 0. The first-order valence-electron chi connectivity index (χ1n) is 6.57. The van der Waals surface area contributed by atoms with Gasteiger partial charge in [0.25, 0.3) is 0 Å². The van der Waals surface area contributed by atoms with Crippen LogP contribution in [0.25, 0.3) is 11.0 Å². The van der Waals surface area contributed by atoms with Crippen LogP contribution >= 0.6 is 0 Å². The van der Waals surface area contributed by atoms with Crippen LogP contribution in [-0.2, 0) is 11.3 Å². The Bertz CT molecular complexity index is 548. The smallest absolute Gasteiger partial charge is 0.163 e. The average Bonchev–Trinajstić information content (AvgIpc) is 2.85. The van der Waals surface area contributed by atoms with Crippen molar-refractivity contribution in [3.05, 3.63) is 12.5 Å². The molecule has 2 N–H and O–H groups in total. The van der Waals surface area contributed by atoms with Crippen LogP contribution in [0.1, 0.15) is 6.42 Å². The lowest BCUT2D eigenvalue weighted by Crippen LogP contribution is -2.37. The summed E-state index contributed by atoms with van der Waals surface area (Å²) >= 11 is 0. The highest BCUT2D eigenvalue weighted by atomic mass is 16.5. The number of morpholine rings is 1. The van der Waals surface area contributed by atoms with E-state index in [-0.39, 0.29) is 0 Å². The Morgan fingerprint density at radius 3 is 2.89 bits per heavy atom. The van der Waals surface area contributed by atoms with E-state index in [0.29, 0.717) is 5.82 Å². The molecule has 7 nitrogen and oxygen atoms in total. The second-order valence-corrected chi connectivity index (χ2v) is 4.67. The van der Waals surface area contributed by atoms with Gasteiger partial charge in [0.1, 0.15) is 12.1 Å². The Morgan fingerprint density at radius 2 is 2.05 bits per heavy atom. The number of aryl methyl sites for hydroxylation is 1. The van der Waals surface area contributed by atoms with E-state index in [0.717, 1.165) is 56.8 Å². The summed E-state index contributed by atoms with van der Waals surface area (Å²) in [7, 11) is 0. The fourth-order valence-electron chi connectivity index (χ4n) is 2.34. The molecule has 0 aliphatic carbocycles. The molecule has 19 heavy (non-hydrogen) atoms. The quantitative estimate of drug-likeness (QED) is 0.843. The molecule has 1 saturated heterocycles. The van der Waals surface area contributed by atoms with Crippen molar-refractivity contribution in [1.82, 2.24) is 24.6 Å². The number of rotatable bonds is 4. The van der Waals surface area contributed by atoms with Crippen molar-refractivity contribution < 1.29 is 4.74 Å². The molecular weight excluding hydrogens is 244 g/mol. The van der Waals surface area contributed by atoms with Gasteiger partial charge >= 0.3 is 0 Å². The molecule has 0 unspecified atom stereocenters. The minimum Gasteiger partial charge on any atom is -0.383 e. The lowest BCUT2D eigenvalue weighted by molar-refractivity contribution is 0.0368. The minimum atomic E-state index is 0.490. The molecule has 3 rings (SSSR count). The van der Waals surface area contributed by atoms with Crippen LogP contribution in [-0.4, -0.2) is 57.5 Å². The standard InChI is InChI=1S/C12H18N6O/c13-11-10-8-16-18(12(10)15-9-14-11)3-1-2-17-4-6-19-7-5-17/h8-9H,1-7H2,(H2,13,14,15). The van der Waals surface area contributed by atoms with E-state index in [2.05, 4.69) is 20.0 Å². The highest BCUT2D eigenvalue weighted by Gasteiger charge is 2.11. The lowest BCUT2D eigenvalue weighted by Gasteiger charge is -2.26. The second kappa shape index (κ2) is 5.50. The third-order valence-corrected chi connectivity index (χ3v) is 3.41. The fourth-order valence-corrected chi connectivity index (χ4v) is 2.34. The number of nitrogens with zero attached hydrogens (tertiary/aromatic N) is 5. The van der Waals surface area contributed by atoms with E-state index in [1.807, 2.05) is 4.68 Å². The van der Waals surface area contributed by atoms with Gasteiger partial charge in [-0.3, -0.25) is 4.90 Å². The van der Waals surface area contributed by atoms with Crippen molar-refractivity contribution in [1.29, 1.82) is 0 Å². The Balaban J connectivity index is 1.60. The summed E-state index contributed by atoms with van der Waals surface area (Å²) in [5.74, 6) is 0.490. The zero-order chi connectivity index (χ0) is 13.1. The zero-order valence-corrected chi connectivity index (χ0v) is 10.8. The van der Waals surface area contributed by atoms with Gasteiger partial charge in [-0.1, -0.05) is 0 Å². The fraction of sp³-hybridized carbons (Fsp3) is 0.583. The van der Waals surface area contributed by atoms with Crippen LogP contribution in [0.2, 0.25) is 0 Å². The normalized spacial score (nSPS) is 17.1. The molecule has 102 valence electrons. The van der Waals surface area contributed by atoms with Gasteiger partial charge in [0.15, 0.2) is 5.65 Å². The van der Waals surface area contributed by atoms with Crippen LogP contribution in [0.3, 0.4) is 0 Å². The van der Waals surface area contributed by atoms with E-state index in [4.69, 9.17) is 10.5 Å². The van der Waals surface area contributed by atoms with Crippen LogP contribution in [0.5, 0.6) is 0 Å². The topological polar surface area (TPSA) is 82.1 Å². The van der Waals surface area contributed by atoms with Crippen molar-refractivity contribution in [2.75, 3.05) is 38.6 Å². The molecule has 0 bridgehead atoms. The highest BCUT2D eigenvalue weighted by molar-refractivity contribution is 5.84. The molecule has 1 fully saturated rings. The second-order valence-electron chi connectivity index (χ2n) is 4.67. The Kier molecular flexibility index (Phi) is 3.56. The average molecular weight is 262 g/mol. The zero-order valence-electron chi connectivity index (χ0n) is 10.8. The van der Waals surface area contributed by atoms with Crippen LogP contribution in [0.4, 0.5) is 5.82 Å². The summed E-state index contributed by atoms with van der Waals surface area (Å²) in [4.78, 5) is 10.6. The van der Waals surface area contributed by atoms with E-state index in [1.165, 1.54) is 6.33 Å². The highest BCUT2D eigenvalue weighted by Crippen LogP contribution is 2.15. The number of nitrogen functional groups attached to an aromatic ring is 1. The van der Waals surface area contributed by atoms with Crippen molar-refractivity contribution in [2.24, 2.45) is 0 Å². The van der Waals surface area contributed by atoms with Crippen molar-refractivity contribution >= 4 is 16.9 Å². The molecule has 0 spiro atoms. The molecule has 1 aliphatic rings. The van der Waals surface area contributed by atoms with Gasteiger partial charge < -0.3 is 10.5 Å². The third kappa shape index (κ3) is 2.66. The number of nitrogens with two attached hydrogens (primary N) is 1. The summed E-state index contributed by atoms with van der Waals surface area (Å²) in [6.45, 7) is 5.63. The number of ether oxygens (including phenoxy) is 1. The van der Waals surface area contributed by atoms with E-state index in [9.17, 15) is 0 Å². The van der Waals surface area contributed by atoms with Gasteiger partial charge in [0.05, 0.1) is 24.8 Å². The first-order valence-corrected chi connectivity index (χ1v) is 6.57. The van der Waals surface area contributed by atoms with Gasteiger partial charge in [-0.2, -0.15) is 5.10 Å². The monoisotopic (exact) mass is 262 g/mol. The van der Waals surface area contributed by atoms with E-state index < -0.39 is 0 Å². The molecule has 1 aliphatic heterocycles. The molecule has 3 heterocycles. The van der Waals surface area contributed by atoms with Gasteiger partial charge in [0, 0.05) is 26.2 Å². The predicted octanol–water partition coefficient (Wildman–Crippen LogP) is 0.131. The maximum absolute atomic E-state index is 5.79. The van der Waals surface area contributed by atoms with Crippen molar-refractivity contribution in [3.8, 4) is 0 Å². The summed E-state index contributed by atoms with van der Waals surface area (Å²) in [5, 5.41) is 5.16. The van der Waals surface area contributed by atoms with E-state index in [1.54, 1.807) is 6.20 Å². The Labute approximate surface area is 111 Å². The Hall–Kier alpha value is -1.73. The number of hydrogen-bond donors (Lipinski definition) is 1. The largest absolute Gasteiger partial charge is 0.383 e. The summed E-state index contributed by atoms with van der Waals surface area (Å²) in [5.41, 5.74) is 6.60. The number of fused-ring (bicyclic) bond motifs is 1. The molecule has 2 aromatic heterocycles. The Morgan fingerprint density at radius 1 is 1.21 bits per heavy atom. The van der Waals surface area contributed by atoms with Gasteiger partial charge in [-0.15, -0.1) is 0 Å². The van der Waals surface area contributed by atoms with Crippen LogP contribution in [0.15, 0.2) is 12.5 Å². The van der Waals surface area contributed by atoms with Gasteiger partial charge in [-0.25, -0.2) is 14.6 Å². The number of hydrogen-bond acceptors (Lipinski definition) is 6. The van der Waals surface area contributed by atoms with Gasteiger partial charge in [-0.05, 0) is 6.42 Å². The van der Waals surface area contributed by atoms with E-state index >= 15 is 0 Å². The van der Waals surface area contributed by atoms with Crippen LogP contribution < -0.4 is 5.73 Å². The molecule has 7 heteroatoms. The molecular formula is C12H18N6O. The van der Waals surface area contributed by atoms with Gasteiger partial charge in [0.2, 0.25) is 0 Å². The number of aromatic nitrogens is 4. The lowest BCUT2D eigenvalue weighted by atomic mass is 10.3. The summed E-state index contributed by atoms with van der Waals surface area (Å²) < 4.78 is 7.23. The molecule has 2 aromatic rings. The first kappa shape index (κ1) is 12.3. The van der Waals surface area contributed by atoms with Crippen LogP contribution in [0, 0.1) is 0 Å². The first-order chi connectivity index (χ1) is 9.34.